The fourth-order valence-corrected chi connectivity index (χ4v) is 2.73. The molecule has 0 aliphatic carbocycles. The number of hydrogen-bond acceptors (Lipinski definition) is 2. The van der Waals surface area contributed by atoms with Gasteiger partial charge in [0.2, 0.25) is 0 Å². The average Bonchev–Trinajstić information content (AvgIpc) is 2.89. The third-order valence-electron chi connectivity index (χ3n) is 4.09. The highest BCUT2D eigenvalue weighted by atomic mass is 15.1. The van der Waals surface area contributed by atoms with E-state index in [1.807, 2.05) is 0 Å². The third kappa shape index (κ3) is 4.92. The molecule has 1 aromatic carbocycles. The Balaban J connectivity index is 1.86. The summed E-state index contributed by atoms with van der Waals surface area (Å²) in [5.41, 5.74) is 3.09. The Morgan fingerprint density at radius 1 is 1.10 bits per heavy atom. The molecule has 1 heterocycles. The number of likely N-dealkylation sites (tertiary alicyclic amines) is 1. The van der Waals surface area contributed by atoms with Gasteiger partial charge in [-0.2, -0.15) is 0 Å². The van der Waals surface area contributed by atoms with E-state index in [1.54, 1.807) is 0 Å². The molecule has 20 heavy (non-hydrogen) atoms. The monoisotopic (exact) mass is 274 g/mol. The molecule has 1 fully saturated rings. The summed E-state index contributed by atoms with van der Waals surface area (Å²) >= 11 is 0. The highest BCUT2D eigenvalue weighted by Gasteiger charge is 2.14. The second kappa shape index (κ2) is 6.73. The number of rotatable bonds is 5. The molecule has 2 nitrogen and oxygen atoms in total. The summed E-state index contributed by atoms with van der Waals surface area (Å²) in [6.45, 7) is 13.7. The van der Waals surface area contributed by atoms with Gasteiger partial charge in [0.15, 0.2) is 0 Å². The van der Waals surface area contributed by atoms with Gasteiger partial charge in [0.1, 0.15) is 0 Å². The molecule has 2 heteroatoms. The minimum absolute atomic E-state index is 0.198. The van der Waals surface area contributed by atoms with Crippen molar-refractivity contribution in [3.63, 3.8) is 0 Å². The summed E-state index contributed by atoms with van der Waals surface area (Å²) in [5, 5.41) is 3.59. The molecule has 0 saturated carbocycles. The van der Waals surface area contributed by atoms with Crippen molar-refractivity contribution in [2.75, 3.05) is 19.6 Å². The van der Waals surface area contributed by atoms with E-state index in [0.717, 1.165) is 13.1 Å². The van der Waals surface area contributed by atoms with Gasteiger partial charge in [-0.3, -0.25) is 4.90 Å². The second-order valence-corrected chi connectivity index (χ2v) is 7.26. The molecule has 0 bridgehead atoms. The van der Waals surface area contributed by atoms with Crippen molar-refractivity contribution in [1.82, 2.24) is 10.2 Å². The Kier molecular flexibility index (Phi) is 5.22. The first-order valence-electron chi connectivity index (χ1n) is 8.00. The maximum Gasteiger partial charge on any atom is 0.0233 e. The Hall–Kier alpha value is -0.860. The molecule has 2 rings (SSSR count). The van der Waals surface area contributed by atoms with Crippen LogP contribution in [0.4, 0.5) is 0 Å². The number of nitrogens with one attached hydrogen (secondary N) is 1. The zero-order valence-electron chi connectivity index (χ0n) is 13.6. The molecular weight excluding hydrogens is 244 g/mol. The van der Waals surface area contributed by atoms with Crippen molar-refractivity contribution in [3.05, 3.63) is 35.4 Å². The Labute approximate surface area is 124 Å². The Morgan fingerprint density at radius 2 is 1.70 bits per heavy atom. The second-order valence-electron chi connectivity index (χ2n) is 7.26. The first-order chi connectivity index (χ1) is 9.44. The fourth-order valence-electron chi connectivity index (χ4n) is 2.73. The van der Waals surface area contributed by atoms with Gasteiger partial charge in [0, 0.05) is 18.6 Å². The van der Waals surface area contributed by atoms with Gasteiger partial charge in [-0.25, -0.2) is 0 Å². The average molecular weight is 274 g/mol. The lowest BCUT2D eigenvalue weighted by Gasteiger charge is -2.24. The summed E-state index contributed by atoms with van der Waals surface area (Å²) in [5.74, 6) is 0.565. The molecule has 0 spiro atoms. The maximum atomic E-state index is 3.59. The summed E-state index contributed by atoms with van der Waals surface area (Å²) in [7, 11) is 0. The zero-order valence-corrected chi connectivity index (χ0v) is 13.6. The van der Waals surface area contributed by atoms with E-state index in [2.05, 4.69) is 62.2 Å². The van der Waals surface area contributed by atoms with Crippen LogP contribution in [0.3, 0.4) is 0 Å². The third-order valence-corrected chi connectivity index (χ3v) is 4.09. The van der Waals surface area contributed by atoms with Crippen LogP contribution in [0, 0.1) is 0 Å². The Morgan fingerprint density at radius 3 is 2.25 bits per heavy atom. The van der Waals surface area contributed by atoms with Crippen molar-refractivity contribution >= 4 is 0 Å². The molecule has 1 aromatic rings. The molecule has 0 aromatic heterocycles. The SMILES string of the molecule is CC(CNC(C)(C)C)c1ccc(CN2CCCC2)cc1. The molecular formula is C18H30N2. The zero-order chi connectivity index (χ0) is 14.6. The first-order valence-corrected chi connectivity index (χ1v) is 8.00. The molecule has 1 unspecified atom stereocenters. The predicted octanol–water partition coefficient (Wildman–Crippen LogP) is 3.77. The van der Waals surface area contributed by atoms with Gasteiger partial charge in [-0.1, -0.05) is 31.2 Å². The van der Waals surface area contributed by atoms with Gasteiger partial charge in [0.25, 0.3) is 0 Å². The van der Waals surface area contributed by atoms with E-state index in [1.165, 1.54) is 37.1 Å². The highest BCUT2D eigenvalue weighted by molar-refractivity contribution is 5.25. The van der Waals surface area contributed by atoms with Crippen LogP contribution in [0.25, 0.3) is 0 Å². The standard InChI is InChI=1S/C18H30N2/c1-15(13-19-18(2,3)4)17-9-7-16(8-10-17)14-20-11-5-6-12-20/h7-10,15,19H,5-6,11-14H2,1-4H3. The van der Waals surface area contributed by atoms with Crippen LogP contribution in [0.1, 0.15) is 57.6 Å². The van der Waals surface area contributed by atoms with E-state index < -0.39 is 0 Å². The van der Waals surface area contributed by atoms with E-state index >= 15 is 0 Å². The minimum atomic E-state index is 0.198. The lowest BCUT2D eigenvalue weighted by atomic mass is 9.98. The number of hydrogen-bond donors (Lipinski definition) is 1. The minimum Gasteiger partial charge on any atom is -0.311 e. The maximum absolute atomic E-state index is 3.59. The van der Waals surface area contributed by atoms with Crippen LogP contribution in [-0.2, 0) is 6.54 Å². The quantitative estimate of drug-likeness (QED) is 0.879. The summed E-state index contributed by atoms with van der Waals surface area (Å²) in [4.78, 5) is 2.56. The van der Waals surface area contributed by atoms with Crippen LogP contribution >= 0.6 is 0 Å². The van der Waals surface area contributed by atoms with Crippen LogP contribution in [-0.4, -0.2) is 30.1 Å². The number of benzene rings is 1. The number of nitrogens with zero attached hydrogens (tertiary/aromatic N) is 1. The smallest absolute Gasteiger partial charge is 0.0233 e. The predicted molar refractivity (Wildman–Crippen MR) is 87.1 cm³/mol. The van der Waals surface area contributed by atoms with E-state index in [0.29, 0.717) is 5.92 Å². The van der Waals surface area contributed by atoms with Gasteiger partial charge < -0.3 is 5.32 Å². The molecule has 0 radical (unpaired) electrons. The summed E-state index contributed by atoms with van der Waals surface area (Å²) in [6, 6.07) is 9.23. The lowest BCUT2D eigenvalue weighted by Crippen LogP contribution is -2.38. The summed E-state index contributed by atoms with van der Waals surface area (Å²) in [6.07, 6.45) is 2.74. The molecule has 1 atom stereocenters. The molecule has 1 N–H and O–H groups in total. The van der Waals surface area contributed by atoms with Crippen molar-refractivity contribution in [2.24, 2.45) is 0 Å². The van der Waals surface area contributed by atoms with E-state index in [-0.39, 0.29) is 5.54 Å². The largest absolute Gasteiger partial charge is 0.311 e. The first kappa shape index (κ1) is 15.5. The molecule has 1 aliphatic rings. The van der Waals surface area contributed by atoms with Crippen LogP contribution in [0.5, 0.6) is 0 Å². The fraction of sp³-hybridized carbons (Fsp3) is 0.667. The van der Waals surface area contributed by atoms with E-state index in [9.17, 15) is 0 Å². The normalized spacial score (nSPS) is 18.4. The molecule has 1 saturated heterocycles. The van der Waals surface area contributed by atoms with Crippen molar-refractivity contribution in [2.45, 2.75) is 58.5 Å². The topological polar surface area (TPSA) is 15.3 Å². The molecule has 1 aliphatic heterocycles. The van der Waals surface area contributed by atoms with Crippen molar-refractivity contribution in [3.8, 4) is 0 Å². The van der Waals surface area contributed by atoms with Crippen molar-refractivity contribution < 1.29 is 0 Å². The highest BCUT2D eigenvalue weighted by Crippen LogP contribution is 2.18. The van der Waals surface area contributed by atoms with Crippen LogP contribution in [0.2, 0.25) is 0 Å². The van der Waals surface area contributed by atoms with Crippen LogP contribution in [0.15, 0.2) is 24.3 Å². The van der Waals surface area contributed by atoms with Crippen LogP contribution < -0.4 is 5.32 Å². The molecule has 112 valence electrons. The van der Waals surface area contributed by atoms with Gasteiger partial charge >= 0.3 is 0 Å². The molecule has 0 amide bonds. The van der Waals surface area contributed by atoms with Crippen molar-refractivity contribution in [1.29, 1.82) is 0 Å². The lowest BCUT2D eigenvalue weighted by molar-refractivity contribution is 0.331. The van der Waals surface area contributed by atoms with E-state index in [4.69, 9.17) is 0 Å². The van der Waals surface area contributed by atoms with Gasteiger partial charge in [-0.15, -0.1) is 0 Å². The summed E-state index contributed by atoms with van der Waals surface area (Å²) < 4.78 is 0. The van der Waals surface area contributed by atoms with Gasteiger partial charge in [-0.05, 0) is 63.7 Å². The van der Waals surface area contributed by atoms with Gasteiger partial charge in [0.05, 0.1) is 0 Å². The Bertz CT molecular complexity index is 396.